The Morgan fingerprint density at radius 3 is 2.00 bits per heavy atom. The van der Waals surface area contributed by atoms with E-state index >= 15 is 0 Å². The van der Waals surface area contributed by atoms with Crippen LogP contribution in [-0.2, 0) is 6.54 Å². The molecular formula is C24H29N9O2. The van der Waals surface area contributed by atoms with Crippen molar-refractivity contribution in [2.45, 2.75) is 45.1 Å². The van der Waals surface area contributed by atoms with E-state index in [-0.39, 0.29) is 5.69 Å². The van der Waals surface area contributed by atoms with E-state index in [0.29, 0.717) is 24.4 Å². The highest BCUT2D eigenvalue weighted by Crippen LogP contribution is 2.24. The highest BCUT2D eigenvalue weighted by atomic mass is 16.6. The number of non-ortho nitro benzene ring substituents is 1. The third-order valence-corrected chi connectivity index (χ3v) is 6.44. The van der Waals surface area contributed by atoms with E-state index < -0.39 is 4.92 Å². The van der Waals surface area contributed by atoms with Gasteiger partial charge in [-0.3, -0.25) is 10.1 Å². The normalized spacial score (nSPS) is 16.7. The third-order valence-electron chi connectivity index (χ3n) is 6.44. The lowest BCUT2D eigenvalue weighted by atomic mass is 10.1. The molecule has 4 heterocycles. The number of aromatic nitrogens is 4. The summed E-state index contributed by atoms with van der Waals surface area (Å²) in [6, 6.07) is 10.3. The fourth-order valence-electron chi connectivity index (χ4n) is 4.56. The van der Waals surface area contributed by atoms with Crippen molar-refractivity contribution in [3.05, 3.63) is 58.4 Å². The van der Waals surface area contributed by atoms with Crippen molar-refractivity contribution in [3.8, 4) is 5.69 Å². The zero-order chi connectivity index (χ0) is 24.0. The molecule has 2 aliphatic heterocycles. The van der Waals surface area contributed by atoms with Crippen molar-refractivity contribution < 1.29 is 4.92 Å². The van der Waals surface area contributed by atoms with E-state index in [1.807, 2.05) is 22.9 Å². The van der Waals surface area contributed by atoms with Crippen molar-refractivity contribution >= 4 is 23.5 Å². The molecule has 2 fully saturated rings. The summed E-state index contributed by atoms with van der Waals surface area (Å²) in [5, 5.41) is 19.7. The molecule has 3 aromatic rings. The summed E-state index contributed by atoms with van der Waals surface area (Å²) >= 11 is 0. The van der Waals surface area contributed by atoms with Gasteiger partial charge >= 0.3 is 0 Å². The number of benzene rings is 1. The Kier molecular flexibility index (Phi) is 6.92. The summed E-state index contributed by atoms with van der Waals surface area (Å²) in [6.45, 7) is 4.12. The smallest absolute Gasteiger partial charge is 0.275 e. The summed E-state index contributed by atoms with van der Waals surface area (Å²) in [5.41, 5.74) is 1.79. The second-order valence-electron chi connectivity index (χ2n) is 8.87. The molecule has 35 heavy (non-hydrogen) atoms. The highest BCUT2D eigenvalue weighted by molar-refractivity contribution is 5.44. The van der Waals surface area contributed by atoms with Crippen LogP contribution in [0.15, 0.2) is 52.8 Å². The number of nitrogens with zero attached hydrogens (tertiary/aromatic N) is 9. The lowest BCUT2D eigenvalue weighted by molar-refractivity contribution is -0.384. The first-order valence-electron chi connectivity index (χ1n) is 12.2. The molecule has 5 rings (SSSR count). The first-order valence-corrected chi connectivity index (χ1v) is 12.2. The molecule has 11 heteroatoms. The Balaban J connectivity index is 1.36. The molecule has 0 N–H and O–H groups in total. The second-order valence-corrected chi connectivity index (χ2v) is 8.87. The first-order chi connectivity index (χ1) is 17.2. The van der Waals surface area contributed by atoms with Crippen LogP contribution in [0.25, 0.3) is 5.69 Å². The summed E-state index contributed by atoms with van der Waals surface area (Å²) in [7, 11) is 0. The van der Waals surface area contributed by atoms with Crippen LogP contribution in [0.4, 0.5) is 23.5 Å². The number of anilines is 2. The van der Waals surface area contributed by atoms with E-state index in [1.165, 1.54) is 25.0 Å². The standard InChI is InChI=1S/C24H29N9O2/c34-33(35)20-11-9-19(10-12-20)32-17-7-8-21(32)18-25-29-22-26-23(30-13-3-1-4-14-30)28-24(27-22)31-15-5-2-6-16-31/h7-12,17H,1-6,13-16,18H2. The zero-order valence-electron chi connectivity index (χ0n) is 19.7. The number of piperidine rings is 2. The van der Waals surface area contributed by atoms with Crippen molar-refractivity contribution in [2.75, 3.05) is 36.0 Å². The van der Waals surface area contributed by atoms with Crippen LogP contribution in [0.2, 0.25) is 0 Å². The molecule has 0 bridgehead atoms. The summed E-state index contributed by atoms with van der Waals surface area (Å²) < 4.78 is 1.94. The molecule has 0 unspecified atom stereocenters. The minimum Gasteiger partial charge on any atom is -0.341 e. The van der Waals surface area contributed by atoms with E-state index in [4.69, 9.17) is 4.98 Å². The minimum atomic E-state index is -0.403. The third kappa shape index (κ3) is 5.44. The molecule has 0 amide bonds. The number of nitro groups is 1. The van der Waals surface area contributed by atoms with Crippen LogP contribution in [0.1, 0.15) is 44.2 Å². The van der Waals surface area contributed by atoms with Crippen LogP contribution in [-0.4, -0.2) is 50.6 Å². The zero-order valence-corrected chi connectivity index (χ0v) is 19.7. The van der Waals surface area contributed by atoms with Gasteiger partial charge in [-0.15, -0.1) is 5.11 Å². The average molecular weight is 476 g/mol. The molecule has 0 radical (unpaired) electrons. The Bertz CT molecular complexity index is 1140. The van der Waals surface area contributed by atoms with Gasteiger partial charge in [0.25, 0.3) is 11.6 Å². The Hall–Kier alpha value is -3.89. The lowest BCUT2D eigenvalue weighted by Crippen LogP contribution is -2.34. The van der Waals surface area contributed by atoms with Gasteiger partial charge < -0.3 is 14.4 Å². The fourth-order valence-corrected chi connectivity index (χ4v) is 4.56. The molecule has 11 nitrogen and oxygen atoms in total. The molecule has 0 aliphatic carbocycles. The molecule has 2 aromatic heterocycles. The number of hydrogen-bond donors (Lipinski definition) is 0. The van der Waals surface area contributed by atoms with Gasteiger partial charge in [0.2, 0.25) is 11.9 Å². The first kappa shape index (κ1) is 22.9. The molecule has 2 saturated heterocycles. The number of hydrogen-bond acceptors (Lipinski definition) is 9. The SMILES string of the molecule is O=[N+]([O-])c1ccc(-n2cccc2CN=Nc2nc(N3CCCCC3)nc(N3CCCCC3)n2)cc1. The highest BCUT2D eigenvalue weighted by Gasteiger charge is 2.20. The Morgan fingerprint density at radius 2 is 1.43 bits per heavy atom. The van der Waals surface area contributed by atoms with Crippen LogP contribution in [0, 0.1) is 10.1 Å². The number of rotatable bonds is 7. The quantitative estimate of drug-likeness (QED) is 0.273. The van der Waals surface area contributed by atoms with Crippen LogP contribution < -0.4 is 9.80 Å². The predicted molar refractivity (Wildman–Crippen MR) is 133 cm³/mol. The molecule has 0 atom stereocenters. The summed E-state index contributed by atoms with van der Waals surface area (Å²) in [6.07, 6.45) is 8.94. The van der Waals surface area contributed by atoms with Gasteiger partial charge in [-0.25, -0.2) is 0 Å². The van der Waals surface area contributed by atoms with Gasteiger partial charge in [0.15, 0.2) is 0 Å². The van der Waals surface area contributed by atoms with Crippen molar-refractivity contribution in [2.24, 2.45) is 10.2 Å². The minimum absolute atomic E-state index is 0.0611. The van der Waals surface area contributed by atoms with Crippen molar-refractivity contribution in [3.63, 3.8) is 0 Å². The monoisotopic (exact) mass is 475 g/mol. The van der Waals surface area contributed by atoms with E-state index in [9.17, 15) is 10.1 Å². The van der Waals surface area contributed by atoms with Gasteiger partial charge in [0.1, 0.15) is 6.54 Å². The van der Waals surface area contributed by atoms with Crippen LogP contribution in [0.5, 0.6) is 0 Å². The van der Waals surface area contributed by atoms with E-state index in [2.05, 4.69) is 30.0 Å². The van der Waals surface area contributed by atoms with Crippen LogP contribution in [0.3, 0.4) is 0 Å². The van der Waals surface area contributed by atoms with Crippen LogP contribution >= 0.6 is 0 Å². The Morgan fingerprint density at radius 1 is 0.829 bits per heavy atom. The number of nitro benzene ring substituents is 1. The molecule has 2 aliphatic rings. The molecule has 182 valence electrons. The Labute approximate surface area is 203 Å². The maximum atomic E-state index is 10.9. The second kappa shape index (κ2) is 10.6. The van der Waals surface area contributed by atoms with Gasteiger partial charge in [-0.2, -0.15) is 20.1 Å². The summed E-state index contributed by atoms with van der Waals surface area (Å²) in [5.74, 6) is 1.70. The average Bonchev–Trinajstić information content (AvgIpc) is 3.38. The topological polar surface area (TPSA) is 118 Å². The van der Waals surface area contributed by atoms with Gasteiger partial charge in [0.05, 0.1) is 4.92 Å². The fraction of sp³-hybridized carbons (Fsp3) is 0.458. The molecule has 0 saturated carbocycles. The van der Waals surface area contributed by atoms with E-state index in [1.54, 1.807) is 12.1 Å². The maximum absolute atomic E-state index is 10.9. The summed E-state index contributed by atoms with van der Waals surface area (Å²) in [4.78, 5) is 29.0. The lowest BCUT2D eigenvalue weighted by Gasteiger charge is -2.29. The molecule has 1 aromatic carbocycles. The molecular weight excluding hydrogens is 446 g/mol. The van der Waals surface area contributed by atoms with Gasteiger partial charge in [0, 0.05) is 55.9 Å². The van der Waals surface area contributed by atoms with Gasteiger partial charge in [-0.05, 0) is 62.8 Å². The van der Waals surface area contributed by atoms with Crippen molar-refractivity contribution in [1.29, 1.82) is 0 Å². The van der Waals surface area contributed by atoms with E-state index in [0.717, 1.165) is 63.2 Å². The van der Waals surface area contributed by atoms with Gasteiger partial charge in [-0.1, -0.05) is 0 Å². The van der Waals surface area contributed by atoms with Crippen molar-refractivity contribution in [1.82, 2.24) is 19.5 Å². The predicted octanol–water partition coefficient (Wildman–Crippen LogP) is 4.84. The maximum Gasteiger partial charge on any atom is 0.275 e. The number of azo groups is 1. The molecule has 0 spiro atoms. The largest absolute Gasteiger partial charge is 0.341 e.